The first-order valence-electron chi connectivity index (χ1n) is 14.0. The molecule has 0 radical (unpaired) electrons. The van der Waals surface area contributed by atoms with E-state index in [1.807, 2.05) is 60.4 Å². The van der Waals surface area contributed by atoms with Crippen LogP contribution in [0.25, 0.3) is 11.1 Å². The van der Waals surface area contributed by atoms with Crippen LogP contribution in [0.1, 0.15) is 34.6 Å². The van der Waals surface area contributed by atoms with Crippen LogP contribution in [-0.4, -0.2) is 56.1 Å². The first kappa shape index (κ1) is 28.0. The van der Waals surface area contributed by atoms with Crippen LogP contribution in [-0.2, 0) is 0 Å². The van der Waals surface area contributed by atoms with E-state index in [-0.39, 0.29) is 17.6 Å². The van der Waals surface area contributed by atoms with E-state index in [4.69, 9.17) is 0 Å². The number of halogens is 1. The molecule has 2 amide bonds. The second-order valence-electron chi connectivity index (χ2n) is 10.2. The van der Waals surface area contributed by atoms with E-state index in [1.54, 1.807) is 36.7 Å². The van der Waals surface area contributed by atoms with Gasteiger partial charge in [-0.2, -0.15) is 0 Å². The summed E-state index contributed by atoms with van der Waals surface area (Å²) in [6.07, 6.45) is 3.40. The molecule has 0 unspecified atom stereocenters. The quantitative estimate of drug-likeness (QED) is 0.274. The minimum Gasteiger partial charge on any atom is -0.358 e. The predicted octanol–water partition coefficient (Wildman–Crippen LogP) is 5.74. The Morgan fingerprint density at radius 1 is 0.902 bits per heavy atom. The number of anilines is 2. The molecule has 1 saturated heterocycles. The molecule has 3 aromatic carbocycles. The standard InChI is InChI=1S/C33H34FN5O2/c1-3-36-32(40)28-13-7-8-14-31(28)39(4-2)20-18-38(19-21-39)30-16-15-25(22-29(30)34)37-33(41)27-12-6-5-11-26(27)24-10-9-17-35-23-24/h5-17,22-23H,3-4,18-21H2,1-2H3,(H-,36,37,40,41)/p+1. The van der Waals surface area contributed by atoms with Gasteiger partial charge in [-0.15, -0.1) is 0 Å². The van der Waals surface area contributed by atoms with Gasteiger partial charge in [-0.3, -0.25) is 19.1 Å². The average molecular weight is 553 g/mol. The van der Waals surface area contributed by atoms with Crippen LogP contribution in [0.4, 0.5) is 21.5 Å². The summed E-state index contributed by atoms with van der Waals surface area (Å²) in [5.41, 5.74) is 4.68. The van der Waals surface area contributed by atoms with Gasteiger partial charge in [-0.25, -0.2) is 4.39 Å². The summed E-state index contributed by atoms with van der Waals surface area (Å²) in [4.78, 5) is 32.1. The SMILES string of the molecule is CCNC(=O)c1ccccc1[N+]1(CC)CCN(c2ccc(NC(=O)c3ccccc3-c3cccnc3)cc2F)CC1. The lowest BCUT2D eigenvalue weighted by Gasteiger charge is -2.45. The summed E-state index contributed by atoms with van der Waals surface area (Å²) in [5.74, 6) is -0.767. The molecule has 0 aliphatic carbocycles. The number of nitrogens with one attached hydrogen (secondary N) is 2. The Morgan fingerprint density at radius 3 is 2.32 bits per heavy atom. The van der Waals surface area contributed by atoms with E-state index in [9.17, 15) is 9.59 Å². The van der Waals surface area contributed by atoms with Crippen molar-refractivity contribution < 1.29 is 14.0 Å². The maximum absolute atomic E-state index is 15.4. The summed E-state index contributed by atoms with van der Waals surface area (Å²) >= 11 is 0. The summed E-state index contributed by atoms with van der Waals surface area (Å²) < 4.78 is 16.1. The number of amides is 2. The van der Waals surface area contributed by atoms with Crippen molar-refractivity contribution in [3.63, 3.8) is 0 Å². The van der Waals surface area contributed by atoms with Crippen molar-refractivity contribution in [2.24, 2.45) is 0 Å². The van der Waals surface area contributed by atoms with Crippen molar-refractivity contribution in [1.82, 2.24) is 14.8 Å². The van der Waals surface area contributed by atoms with E-state index in [0.717, 1.165) is 36.4 Å². The van der Waals surface area contributed by atoms with Crippen LogP contribution in [0.15, 0.2) is 91.3 Å². The topological polar surface area (TPSA) is 74.3 Å². The van der Waals surface area contributed by atoms with Crippen LogP contribution in [0.2, 0.25) is 0 Å². The zero-order chi connectivity index (χ0) is 28.8. The summed E-state index contributed by atoms with van der Waals surface area (Å²) in [5, 5.41) is 5.77. The minimum absolute atomic E-state index is 0.0665. The number of nitrogens with zero attached hydrogens (tertiary/aromatic N) is 3. The molecule has 41 heavy (non-hydrogen) atoms. The number of benzene rings is 3. The molecular formula is C33H35FN5O2+. The minimum atomic E-state index is -0.387. The number of quaternary nitrogens is 1. The maximum Gasteiger partial charge on any atom is 0.257 e. The van der Waals surface area contributed by atoms with Gasteiger partial charge >= 0.3 is 0 Å². The number of aromatic nitrogens is 1. The Balaban J connectivity index is 1.30. The van der Waals surface area contributed by atoms with Crippen LogP contribution < -0.4 is 20.0 Å². The van der Waals surface area contributed by atoms with Gasteiger partial charge in [0.1, 0.15) is 30.2 Å². The Bertz CT molecular complexity index is 1530. The van der Waals surface area contributed by atoms with E-state index < -0.39 is 0 Å². The second kappa shape index (κ2) is 12.3. The fourth-order valence-electron chi connectivity index (χ4n) is 5.65. The molecule has 2 heterocycles. The average Bonchev–Trinajstić information content (AvgIpc) is 3.02. The zero-order valence-electron chi connectivity index (χ0n) is 23.4. The maximum atomic E-state index is 15.4. The smallest absolute Gasteiger partial charge is 0.257 e. The van der Waals surface area contributed by atoms with Crippen molar-refractivity contribution >= 4 is 28.9 Å². The van der Waals surface area contributed by atoms with Gasteiger partial charge in [-0.05, 0) is 61.9 Å². The Kier molecular flexibility index (Phi) is 8.40. The fourth-order valence-corrected chi connectivity index (χ4v) is 5.65. The monoisotopic (exact) mass is 552 g/mol. The summed E-state index contributed by atoms with van der Waals surface area (Å²) in [7, 11) is 0. The Morgan fingerprint density at radius 2 is 1.63 bits per heavy atom. The number of hydrogen-bond acceptors (Lipinski definition) is 4. The molecule has 1 aliphatic heterocycles. The number of likely N-dealkylation sites (N-methyl/N-ethyl adjacent to an activating group) is 1. The van der Waals surface area contributed by atoms with Gasteiger partial charge < -0.3 is 15.5 Å². The van der Waals surface area contributed by atoms with Crippen molar-refractivity contribution in [2.75, 3.05) is 49.5 Å². The van der Waals surface area contributed by atoms with E-state index in [0.29, 0.717) is 46.6 Å². The van der Waals surface area contributed by atoms with Gasteiger partial charge in [0.25, 0.3) is 11.8 Å². The molecule has 1 aromatic heterocycles. The Labute approximate surface area is 240 Å². The first-order chi connectivity index (χ1) is 20.0. The van der Waals surface area contributed by atoms with Gasteiger partial charge in [0, 0.05) is 35.8 Å². The molecule has 8 heteroatoms. The molecule has 0 saturated carbocycles. The Hall–Kier alpha value is -4.56. The predicted molar refractivity (Wildman–Crippen MR) is 163 cm³/mol. The van der Waals surface area contributed by atoms with Crippen molar-refractivity contribution in [3.05, 3.63) is 108 Å². The van der Waals surface area contributed by atoms with E-state index in [1.165, 1.54) is 6.07 Å². The molecule has 2 N–H and O–H groups in total. The molecule has 7 nitrogen and oxygen atoms in total. The lowest BCUT2D eigenvalue weighted by atomic mass is 10.0. The number of rotatable bonds is 8. The van der Waals surface area contributed by atoms with Gasteiger partial charge in [0.15, 0.2) is 0 Å². The highest BCUT2D eigenvalue weighted by Crippen LogP contribution is 2.32. The number of carbonyl (C=O) groups excluding carboxylic acids is 2. The summed E-state index contributed by atoms with van der Waals surface area (Å²) in [6.45, 7) is 8.21. The molecule has 0 atom stereocenters. The third-order valence-electron chi connectivity index (χ3n) is 7.89. The highest BCUT2D eigenvalue weighted by Gasteiger charge is 2.37. The molecule has 5 rings (SSSR count). The fraction of sp³-hybridized carbons (Fsp3) is 0.242. The number of piperazine rings is 1. The second-order valence-corrected chi connectivity index (χ2v) is 10.2. The van der Waals surface area contributed by atoms with Gasteiger partial charge in [0.2, 0.25) is 0 Å². The van der Waals surface area contributed by atoms with Crippen molar-refractivity contribution in [2.45, 2.75) is 13.8 Å². The number of hydrogen-bond donors (Lipinski definition) is 2. The number of carbonyl (C=O) groups is 2. The molecule has 0 spiro atoms. The highest BCUT2D eigenvalue weighted by atomic mass is 19.1. The molecule has 1 fully saturated rings. The molecule has 4 aromatic rings. The van der Waals surface area contributed by atoms with Crippen LogP contribution in [0.3, 0.4) is 0 Å². The van der Waals surface area contributed by atoms with E-state index >= 15 is 4.39 Å². The zero-order valence-corrected chi connectivity index (χ0v) is 23.4. The van der Waals surface area contributed by atoms with Gasteiger partial charge in [0.05, 0.1) is 25.3 Å². The molecule has 1 aliphatic rings. The molecular weight excluding hydrogens is 517 g/mol. The van der Waals surface area contributed by atoms with Crippen molar-refractivity contribution in [3.8, 4) is 11.1 Å². The van der Waals surface area contributed by atoms with Crippen LogP contribution in [0.5, 0.6) is 0 Å². The molecule has 210 valence electrons. The third-order valence-corrected chi connectivity index (χ3v) is 7.89. The first-order valence-corrected chi connectivity index (χ1v) is 14.0. The van der Waals surface area contributed by atoms with Crippen LogP contribution >= 0.6 is 0 Å². The highest BCUT2D eigenvalue weighted by molar-refractivity contribution is 6.08. The number of para-hydroxylation sites is 1. The lowest BCUT2D eigenvalue weighted by molar-refractivity contribution is 0.0952. The largest absolute Gasteiger partial charge is 0.358 e. The van der Waals surface area contributed by atoms with Crippen molar-refractivity contribution in [1.29, 1.82) is 0 Å². The van der Waals surface area contributed by atoms with Crippen LogP contribution in [0, 0.1) is 5.82 Å². The third kappa shape index (κ3) is 5.83. The number of pyridine rings is 1. The van der Waals surface area contributed by atoms with Gasteiger partial charge in [-0.1, -0.05) is 36.4 Å². The lowest BCUT2D eigenvalue weighted by Crippen LogP contribution is -2.61. The van der Waals surface area contributed by atoms with E-state index in [2.05, 4.69) is 22.5 Å². The summed E-state index contributed by atoms with van der Waals surface area (Å²) in [6, 6.07) is 23.6. The molecule has 0 bridgehead atoms. The normalized spacial score (nSPS) is 14.4.